The maximum absolute atomic E-state index is 13.6. The van der Waals surface area contributed by atoms with Crippen LogP contribution < -0.4 is 11.1 Å². The summed E-state index contributed by atoms with van der Waals surface area (Å²) in [5, 5.41) is 11.7. The number of hydrogen-bond acceptors (Lipinski definition) is 5. The molecule has 4 aromatic rings. The van der Waals surface area contributed by atoms with Crippen molar-refractivity contribution in [2.24, 2.45) is 16.6 Å². The number of carbonyl (C=O) groups is 2. The minimum Gasteiger partial charge on any atom is -0.478 e. The number of carboxylic acid groups (broad SMARTS) is 1. The SMILES string of the molecule is CC1(CN)CCOCC1.CC1(CNC(=O)c2ccc(C#Cc3ccccc3F)cc2)CCOCC1.O=C(O)c1ccc(C#Cc2ccccc2F)cc1. The number of aromatic carboxylic acids is 1. The van der Waals surface area contributed by atoms with Crippen molar-refractivity contribution < 1.29 is 33.0 Å². The van der Waals surface area contributed by atoms with E-state index in [4.69, 9.17) is 20.3 Å². The lowest BCUT2D eigenvalue weighted by molar-refractivity contribution is 0.0238. The van der Waals surface area contributed by atoms with Crippen molar-refractivity contribution in [3.05, 3.63) is 142 Å². The number of carbonyl (C=O) groups excluding carboxylic acids is 1. The van der Waals surface area contributed by atoms with Crippen molar-refractivity contribution in [1.82, 2.24) is 5.32 Å². The van der Waals surface area contributed by atoms with Gasteiger partial charge in [-0.1, -0.05) is 61.8 Å². The maximum Gasteiger partial charge on any atom is 0.335 e. The molecule has 2 aliphatic rings. The molecule has 0 saturated carbocycles. The van der Waals surface area contributed by atoms with Crippen molar-refractivity contribution in [1.29, 1.82) is 0 Å². The highest BCUT2D eigenvalue weighted by Gasteiger charge is 2.28. The molecule has 2 fully saturated rings. The molecule has 2 aliphatic heterocycles. The van der Waals surface area contributed by atoms with E-state index in [2.05, 4.69) is 42.8 Å². The highest BCUT2D eigenvalue weighted by Crippen LogP contribution is 2.29. The van der Waals surface area contributed by atoms with Crippen LogP contribution in [0.2, 0.25) is 0 Å². The van der Waals surface area contributed by atoms with Crippen LogP contribution in [0.1, 0.15) is 82.5 Å². The number of rotatable bonds is 5. The summed E-state index contributed by atoms with van der Waals surface area (Å²) in [6.07, 6.45) is 4.17. The van der Waals surface area contributed by atoms with Crippen LogP contribution in [0.15, 0.2) is 97.1 Å². The highest BCUT2D eigenvalue weighted by molar-refractivity contribution is 5.94. The largest absolute Gasteiger partial charge is 0.478 e. The van der Waals surface area contributed by atoms with Crippen molar-refractivity contribution >= 4 is 11.9 Å². The molecule has 0 spiro atoms. The van der Waals surface area contributed by atoms with E-state index in [1.807, 2.05) is 0 Å². The van der Waals surface area contributed by atoms with E-state index in [0.717, 1.165) is 64.2 Å². The van der Waals surface area contributed by atoms with Crippen LogP contribution in [0.5, 0.6) is 0 Å². The molecule has 276 valence electrons. The van der Waals surface area contributed by atoms with E-state index in [9.17, 15) is 18.4 Å². The summed E-state index contributed by atoms with van der Waals surface area (Å²) >= 11 is 0. The number of ether oxygens (including phenoxy) is 2. The van der Waals surface area contributed by atoms with E-state index in [1.54, 1.807) is 72.8 Å². The van der Waals surface area contributed by atoms with Gasteiger partial charge in [0.15, 0.2) is 0 Å². The van der Waals surface area contributed by atoms with Gasteiger partial charge in [-0.3, -0.25) is 4.79 Å². The summed E-state index contributed by atoms with van der Waals surface area (Å²) in [7, 11) is 0. The Bertz CT molecular complexity index is 1930. The lowest BCUT2D eigenvalue weighted by Crippen LogP contribution is -2.39. The summed E-state index contributed by atoms with van der Waals surface area (Å²) in [5.41, 5.74) is 8.91. The minimum atomic E-state index is -0.983. The number of carboxylic acids is 1. The molecule has 7 nitrogen and oxygen atoms in total. The molecule has 0 aromatic heterocycles. The van der Waals surface area contributed by atoms with Gasteiger partial charge in [-0.05, 0) is 116 Å². The molecule has 4 N–H and O–H groups in total. The average molecular weight is 721 g/mol. The van der Waals surface area contributed by atoms with Gasteiger partial charge in [0.25, 0.3) is 5.91 Å². The summed E-state index contributed by atoms with van der Waals surface area (Å²) in [6.45, 7) is 9.15. The van der Waals surface area contributed by atoms with Crippen LogP contribution in [0.4, 0.5) is 8.78 Å². The average Bonchev–Trinajstić information content (AvgIpc) is 3.18. The molecule has 53 heavy (non-hydrogen) atoms. The molecular formula is C44H46F2N2O5. The molecule has 0 atom stereocenters. The van der Waals surface area contributed by atoms with Gasteiger partial charge in [-0.25, -0.2) is 13.6 Å². The van der Waals surface area contributed by atoms with Crippen molar-refractivity contribution in [2.45, 2.75) is 39.5 Å². The van der Waals surface area contributed by atoms with E-state index < -0.39 is 5.97 Å². The molecular weight excluding hydrogens is 674 g/mol. The van der Waals surface area contributed by atoms with E-state index in [0.29, 0.717) is 34.2 Å². The quantitative estimate of drug-likeness (QED) is 0.185. The van der Waals surface area contributed by atoms with E-state index in [1.165, 1.54) is 24.3 Å². The molecule has 0 radical (unpaired) electrons. The second kappa shape index (κ2) is 20.1. The Labute approximate surface area is 310 Å². The summed E-state index contributed by atoms with van der Waals surface area (Å²) in [4.78, 5) is 23.0. The van der Waals surface area contributed by atoms with Gasteiger partial charge >= 0.3 is 5.97 Å². The van der Waals surface area contributed by atoms with E-state index in [-0.39, 0.29) is 28.5 Å². The fourth-order valence-electron chi connectivity index (χ4n) is 5.31. The standard InChI is InChI=1S/C22H22FNO2.C15H9FO2.C7H15NO/c1-22(12-14-26-15-13-22)16-24-21(25)19-10-7-17(8-11-19)6-9-18-4-2-3-5-20(18)23;16-14-4-2-1-3-12(14)8-5-11-6-9-13(10-7-11)15(17)18;1-7(6-8)2-4-9-5-3-7/h2-5,7-8,10-11H,12-16H2,1H3,(H,24,25);1-4,6-7,9-10H,(H,17,18);2-6,8H2,1H3. The number of amides is 1. The van der Waals surface area contributed by atoms with Crippen molar-refractivity contribution in [3.63, 3.8) is 0 Å². The minimum absolute atomic E-state index is 0.0914. The van der Waals surface area contributed by atoms with Crippen molar-refractivity contribution in [2.75, 3.05) is 39.5 Å². The van der Waals surface area contributed by atoms with Gasteiger partial charge in [-0.15, -0.1) is 0 Å². The Morgan fingerprint density at radius 3 is 1.47 bits per heavy atom. The molecule has 2 heterocycles. The fraction of sp³-hybridized carbons (Fsp3) is 0.318. The fourth-order valence-corrected chi connectivity index (χ4v) is 5.31. The zero-order valence-electron chi connectivity index (χ0n) is 30.2. The predicted octanol–water partition coefficient (Wildman–Crippen LogP) is 7.46. The number of halogens is 2. The monoisotopic (exact) mass is 720 g/mol. The third-order valence-electron chi connectivity index (χ3n) is 9.28. The van der Waals surface area contributed by atoms with Crippen LogP contribution in [-0.2, 0) is 9.47 Å². The van der Waals surface area contributed by atoms with Gasteiger partial charge in [0.2, 0.25) is 0 Å². The molecule has 4 aromatic carbocycles. The highest BCUT2D eigenvalue weighted by atomic mass is 19.1. The topological polar surface area (TPSA) is 111 Å². The van der Waals surface area contributed by atoms with Crippen LogP contribution in [0, 0.1) is 46.1 Å². The van der Waals surface area contributed by atoms with Crippen LogP contribution in [0.3, 0.4) is 0 Å². The summed E-state index contributed by atoms with van der Waals surface area (Å²) in [5.74, 6) is 9.45. The van der Waals surface area contributed by atoms with E-state index >= 15 is 0 Å². The molecule has 0 unspecified atom stereocenters. The van der Waals surface area contributed by atoms with Gasteiger partial charge in [-0.2, -0.15) is 0 Å². The first-order chi connectivity index (χ1) is 25.5. The zero-order valence-corrected chi connectivity index (χ0v) is 30.2. The Morgan fingerprint density at radius 1 is 0.660 bits per heavy atom. The molecule has 0 aliphatic carbocycles. The normalized spacial score (nSPS) is 15.3. The van der Waals surface area contributed by atoms with Crippen molar-refractivity contribution in [3.8, 4) is 23.7 Å². The first-order valence-electron chi connectivity index (χ1n) is 17.6. The van der Waals surface area contributed by atoms with Crippen LogP contribution >= 0.6 is 0 Å². The number of nitrogens with two attached hydrogens (primary N) is 1. The first-order valence-corrected chi connectivity index (χ1v) is 17.6. The number of hydrogen-bond donors (Lipinski definition) is 3. The smallest absolute Gasteiger partial charge is 0.335 e. The Kier molecular flexibility index (Phi) is 15.3. The lowest BCUT2D eigenvalue weighted by atomic mass is 9.82. The molecule has 1 amide bonds. The second-order valence-corrected chi connectivity index (χ2v) is 13.7. The third kappa shape index (κ3) is 13.3. The van der Waals surface area contributed by atoms with Gasteiger partial charge in [0.05, 0.1) is 16.7 Å². The molecule has 9 heteroatoms. The Hall–Kier alpha value is -5.32. The summed E-state index contributed by atoms with van der Waals surface area (Å²) < 4.78 is 37.4. The zero-order chi connectivity index (χ0) is 38.1. The van der Waals surface area contributed by atoms with Gasteiger partial charge in [0, 0.05) is 49.7 Å². The Morgan fingerprint density at radius 2 is 1.08 bits per heavy atom. The van der Waals surface area contributed by atoms with Crippen LogP contribution in [-0.4, -0.2) is 56.5 Å². The maximum atomic E-state index is 13.6. The molecule has 2 saturated heterocycles. The lowest BCUT2D eigenvalue weighted by Gasteiger charge is -2.33. The third-order valence-corrected chi connectivity index (χ3v) is 9.28. The second-order valence-electron chi connectivity index (χ2n) is 13.7. The Balaban J connectivity index is 0.000000200. The number of nitrogens with one attached hydrogen (secondary N) is 1. The molecule has 6 rings (SSSR count). The first kappa shape index (κ1) is 40.5. The molecule has 0 bridgehead atoms. The number of benzene rings is 4. The predicted molar refractivity (Wildman–Crippen MR) is 202 cm³/mol. The van der Waals surface area contributed by atoms with Gasteiger partial charge < -0.3 is 25.6 Å². The van der Waals surface area contributed by atoms with Gasteiger partial charge in [0.1, 0.15) is 11.6 Å². The summed E-state index contributed by atoms with van der Waals surface area (Å²) in [6, 6.07) is 25.8. The van der Waals surface area contributed by atoms with Crippen LogP contribution in [0.25, 0.3) is 0 Å².